The van der Waals surface area contributed by atoms with Gasteiger partial charge in [-0.25, -0.2) is 4.57 Å². The van der Waals surface area contributed by atoms with Gasteiger partial charge in [-0.2, -0.15) is 0 Å². The Kier molecular flexibility index (Phi) is 35.5. The fraction of sp³-hybridized carbons (Fsp3) is 0.925. The third-order valence-corrected chi connectivity index (χ3v) is 9.98. The van der Waals surface area contributed by atoms with E-state index in [0.29, 0.717) is 6.42 Å². The molecule has 0 rings (SSSR count). The number of rotatable bonds is 38. The average molecular weight is 702 g/mol. The van der Waals surface area contributed by atoms with Gasteiger partial charge in [0.2, 0.25) is 5.91 Å². The number of allylic oxidation sites excluding steroid dienone is 1. The van der Waals surface area contributed by atoms with E-state index >= 15 is 0 Å². The molecule has 0 aliphatic carbocycles. The van der Waals surface area contributed by atoms with Gasteiger partial charge in [0.15, 0.2) is 0 Å². The van der Waals surface area contributed by atoms with Crippen molar-refractivity contribution in [3.63, 3.8) is 0 Å². The number of phosphoric acid groups is 1. The molecule has 7 nitrogen and oxygen atoms in total. The highest BCUT2D eigenvalue weighted by atomic mass is 31.2. The molecule has 0 aliphatic heterocycles. The lowest BCUT2D eigenvalue weighted by Gasteiger charge is -2.22. The summed E-state index contributed by atoms with van der Waals surface area (Å²) in [7, 11) is -4.71. The molecule has 0 fully saturated rings. The van der Waals surface area contributed by atoms with Gasteiger partial charge in [0.05, 0.1) is 18.8 Å². The van der Waals surface area contributed by atoms with Crippen molar-refractivity contribution in [1.82, 2.24) is 5.32 Å². The fourth-order valence-corrected chi connectivity index (χ4v) is 6.70. The fourth-order valence-electron chi connectivity index (χ4n) is 6.34. The number of amides is 1. The number of aliphatic hydroxyl groups excluding tert-OH is 1. The second-order valence-electron chi connectivity index (χ2n) is 14.3. The number of nitrogens with one attached hydrogen (secondary N) is 1. The second-order valence-corrected chi connectivity index (χ2v) is 15.6. The molecule has 48 heavy (non-hydrogen) atoms. The highest BCUT2D eigenvalue weighted by molar-refractivity contribution is 7.46. The van der Waals surface area contributed by atoms with E-state index in [1.54, 1.807) is 6.08 Å². The van der Waals surface area contributed by atoms with Crippen molar-refractivity contribution in [3.05, 3.63) is 12.2 Å². The minimum atomic E-state index is -4.71. The summed E-state index contributed by atoms with van der Waals surface area (Å²) in [6.45, 7) is 4.08. The number of hydrogen-bond donors (Lipinski definition) is 4. The van der Waals surface area contributed by atoms with Gasteiger partial charge in [0.1, 0.15) is 0 Å². The molecule has 286 valence electrons. The molecule has 0 saturated heterocycles. The normalized spacial score (nSPS) is 13.4. The van der Waals surface area contributed by atoms with E-state index in [0.717, 1.165) is 38.5 Å². The molecule has 0 spiro atoms. The van der Waals surface area contributed by atoms with Gasteiger partial charge in [0.25, 0.3) is 0 Å². The molecule has 1 amide bonds. The molecular weight excluding hydrogens is 621 g/mol. The van der Waals surface area contributed by atoms with Gasteiger partial charge in [-0.05, 0) is 19.3 Å². The summed E-state index contributed by atoms with van der Waals surface area (Å²) >= 11 is 0. The van der Waals surface area contributed by atoms with E-state index in [2.05, 4.69) is 23.7 Å². The maximum atomic E-state index is 12.6. The maximum absolute atomic E-state index is 12.6. The lowest BCUT2D eigenvalue weighted by molar-refractivity contribution is -0.123. The predicted molar refractivity (Wildman–Crippen MR) is 204 cm³/mol. The van der Waals surface area contributed by atoms with Crippen molar-refractivity contribution in [3.8, 4) is 0 Å². The van der Waals surface area contributed by atoms with Crippen LogP contribution in [0.2, 0.25) is 0 Å². The monoisotopic (exact) mass is 702 g/mol. The highest BCUT2D eigenvalue weighted by Gasteiger charge is 2.24. The van der Waals surface area contributed by atoms with Crippen LogP contribution in [0, 0.1) is 0 Å². The molecule has 0 aliphatic rings. The summed E-state index contributed by atoms with van der Waals surface area (Å²) in [6.07, 6.45) is 42.3. The van der Waals surface area contributed by atoms with E-state index in [1.165, 1.54) is 161 Å². The van der Waals surface area contributed by atoms with Crippen LogP contribution >= 0.6 is 7.82 Å². The van der Waals surface area contributed by atoms with Crippen LogP contribution in [-0.4, -0.2) is 39.6 Å². The average Bonchev–Trinajstić information content (AvgIpc) is 3.05. The highest BCUT2D eigenvalue weighted by Crippen LogP contribution is 2.35. The Morgan fingerprint density at radius 3 is 1.27 bits per heavy atom. The zero-order chi connectivity index (χ0) is 35.4. The molecule has 0 aromatic heterocycles. The molecule has 0 aromatic rings. The van der Waals surface area contributed by atoms with Crippen LogP contribution < -0.4 is 5.32 Å². The Morgan fingerprint density at radius 1 is 0.583 bits per heavy atom. The SMILES string of the molecule is CCCCCCCCCCCCCC=C[C@@H](O)[C@H](COP(=O)(O)O)NC(=O)CCCCCCCCCCCCCCCCCCCCC. The Balaban J connectivity index is 3.92. The molecule has 2 atom stereocenters. The van der Waals surface area contributed by atoms with Crippen molar-refractivity contribution in [2.75, 3.05) is 6.61 Å². The summed E-state index contributed by atoms with van der Waals surface area (Å²) in [5.41, 5.74) is 0. The number of phosphoric ester groups is 1. The van der Waals surface area contributed by atoms with Crippen LogP contribution in [0.3, 0.4) is 0 Å². The largest absolute Gasteiger partial charge is 0.469 e. The third kappa shape index (κ3) is 36.6. The van der Waals surface area contributed by atoms with Crippen LogP contribution in [0.5, 0.6) is 0 Å². The lowest BCUT2D eigenvalue weighted by Crippen LogP contribution is -2.45. The maximum Gasteiger partial charge on any atom is 0.469 e. The van der Waals surface area contributed by atoms with Crippen LogP contribution in [0.1, 0.15) is 219 Å². The van der Waals surface area contributed by atoms with E-state index in [1.807, 2.05) is 6.08 Å². The van der Waals surface area contributed by atoms with Gasteiger partial charge in [-0.3, -0.25) is 9.32 Å². The number of unbranched alkanes of at least 4 members (excludes halogenated alkanes) is 29. The molecule has 0 heterocycles. The van der Waals surface area contributed by atoms with E-state index in [-0.39, 0.29) is 5.91 Å². The first kappa shape index (κ1) is 47.3. The molecule has 0 unspecified atom stereocenters. The number of carbonyl (C=O) groups is 1. The van der Waals surface area contributed by atoms with E-state index in [4.69, 9.17) is 9.79 Å². The smallest absolute Gasteiger partial charge is 0.387 e. The van der Waals surface area contributed by atoms with Crippen molar-refractivity contribution >= 4 is 13.7 Å². The number of carbonyl (C=O) groups excluding carboxylic acids is 1. The minimum absolute atomic E-state index is 0.223. The summed E-state index contributed by atoms with van der Waals surface area (Å²) in [5.74, 6) is -0.223. The van der Waals surface area contributed by atoms with E-state index in [9.17, 15) is 14.5 Å². The molecule has 0 bridgehead atoms. The van der Waals surface area contributed by atoms with Gasteiger partial charge in [-0.1, -0.05) is 206 Å². The zero-order valence-corrected chi connectivity index (χ0v) is 32.6. The molecule has 0 saturated carbocycles. The van der Waals surface area contributed by atoms with Crippen LogP contribution in [0.4, 0.5) is 0 Å². The van der Waals surface area contributed by atoms with Gasteiger partial charge >= 0.3 is 7.82 Å². The molecule has 4 N–H and O–H groups in total. The van der Waals surface area contributed by atoms with Crippen molar-refractivity contribution in [2.45, 2.75) is 231 Å². The molecular formula is C40H80NO6P. The van der Waals surface area contributed by atoms with E-state index < -0.39 is 26.6 Å². The Labute approximate surface area is 297 Å². The summed E-state index contributed by atoms with van der Waals surface area (Å²) in [6, 6.07) is -0.904. The quantitative estimate of drug-likeness (QED) is 0.0289. The topological polar surface area (TPSA) is 116 Å². The van der Waals surface area contributed by atoms with Gasteiger partial charge in [-0.15, -0.1) is 0 Å². The van der Waals surface area contributed by atoms with Crippen molar-refractivity contribution in [1.29, 1.82) is 0 Å². The standard InChI is InChI=1S/C40H80NO6P/c1-3-5-7-9-11-13-15-17-18-19-20-21-22-24-26-28-30-32-34-36-40(43)41-38(37-47-48(44,45)46)39(42)35-33-31-29-27-25-23-16-14-12-10-8-6-4-2/h33,35,38-39,42H,3-32,34,36-37H2,1-2H3,(H,41,43)(H2,44,45,46)/t38-,39+/m0/s1. The summed E-state index contributed by atoms with van der Waals surface area (Å²) in [5, 5.41) is 13.4. The predicted octanol–water partition coefficient (Wildman–Crippen LogP) is 12.0. The van der Waals surface area contributed by atoms with Crippen molar-refractivity contribution < 1.29 is 28.8 Å². The third-order valence-electron chi connectivity index (χ3n) is 9.50. The van der Waals surface area contributed by atoms with Crippen LogP contribution in [0.25, 0.3) is 0 Å². The first-order chi connectivity index (χ1) is 23.3. The van der Waals surface area contributed by atoms with Crippen molar-refractivity contribution in [2.24, 2.45) is 0 Å². The van der Waals surface area contributed by atoms with Crippen LogP contribution in [0.15, 0.2) is 12.2 Å². The first-order valence-corrected chi connectivity index (χ1v) is 22.2. The summed E-state index contributed by atoms with van der Waals surface area (Å²) < 4.78 is 15.9. The minimum Gasteiger partial charge on any atom is -0.387 e. The number of hydrogen-bond acceptors (Lipinski definition) is 4. The molecule has 0 radical (unpaired) electrons. The Morgan fingerprint density at radius 2 is 0.917 bits per heavy atom. The number of aliphatic hydroxyl groups is 1. The zero-order valence-electron chi connectivity index (χ0n) is 31.7. The van der Waals surface area contributed by atoms with Gasteiger partial charge in [0, 0.05) is 6.42 Å². The summed E-state index contributed by atoms with van der Waals surface area (Å²) in [4.78, 5) is 30.8. The Hall–Kier alpha value is -0.720. The molecule has 0 aromatic carbocycles. The second kappa shape index (κ2) is 36.1. The van der Waals surface area contributed by atoms with Crippen LogP contribution in [-0.2, 0) is 13.9 Å². The van der Waals surface area contributed by atoms with Gasteiger partial charge < -0.3 is 20.2 Å². The lowest BCUT2D eigenvalue weighted by atomic mass is 10.0. The Bertz CT molecular complexity index is 758. The first-order valence-electron chi connectivity index (χ1n) is 20.6. The molecule has 8 heteroatoms.